The smallest absolute Gasteiger partial charge is 0.201 e. The molecule has 1 atom stereocenters. The molecule has 0 saturated heterocycles. The van der Waals surface area contributed by atoms with E-state index >= 15 is 0 Å². The Bertz CT molecular complexity index is 134. The number of hydrogen-bond donors (Lipinski definition) is 2. The van der Waals surface area contributed by atoms with Gasteiger partial charge in [0.15, 0.2) is 0 Å². The lowest BCUT2D eigenvalue weighted by molar-refractivity contribution is 0.484. The lowest BCUT2D eigenvalue weighted by Gasteiger charge is -2.11. The Kier molecular flexibility index (Phi) is 3.81. The predicted octanol–water partition coefficient (Wildman–Crippen LogP) is 0.147. The van der Waals surface area contributed by atoms with E-state index in [2.05, 4.69) is 4.72 Å². The molecule has 0 aliphatic carbocycles. The second-order valence-corrected chi connectivity index (χ2v) is 3.19. The lowest BCUT2D eigenvalue weighted by atomic mass is 10.1. The van der Waals surface area contributed by atoms with Crippen LogP contribution in [0.5, 0.6) is 0 Å². The van der Waals surface area contributed by atoms with Crippen LogP contribution in [0.15, 0.2) is 0 Å². The summed E-state index contributed by atoms with van der Waals surface area (Å²) in [4.78, 5) is 0. The zero-order valence-corrected chi connectivity index (χ0v) is 6.81. The van der Waals surface area contributed by atoms with Gasteiger partial charge < -0.3 is 0 Å². The van der Waals surface area contributed by atoms with Crippen molar-refractivity contribution >= 4 is 10.9 Å². The maximum Gasteiger partial charge on any atom is 0.201 e. The van der Waals surface area contributed by atoms with Gasteiger partial charge in [0.25, 0.3) is 0 Å². The van der Waals surface area contributed by atoms with Crippen LogP contribution in [-0.4, -0.2) is 14.5 Å². The van der Waals surface area contributed by atoms with Gasteiger partial charge in [-0.2, -0.15) is 0 Å². The molecule has 0 fully saturated rings. The molecule has 0 rings (SSSR count). The first-order valence-electron chi connectivity index (χ1n) is 2.94. The van der Waals surface area contributed by atoms with Gasteiger partial charge in [0.2, 0.25) is 10.9 Å². The van der Waals surface area contributed by atoms with Crippen LogP contribution in [0.25, 0.3) is 0 Å². The fraction of sp³-hybridized carbons (Fsp3) is 1.00. The van der Waals surface area contributed by atoms with E-state index in [4.69, 9.17) is 0 Å². The third-order valence-corrected chi connectivity index (χ3v) is 1.93. The van der Waals surface area contributed by atoms with Crippen LogP contribution in [0.3, 0.4) is 0 Å². The van der Waals surface area contributed by atoms with Gasteiger partial charge in [-0.15, -0.1) is 0 Å². The molecule has 1 unspecified atom stereocenters. The maximum atomic E-state index is 10.0. The fourth-order valence-electron chi connectivity index (χ4n) is 0.315. The van der Waals surface area contributed by atoms with E-state index in [1.54, 1.807) is 0 Å². The predicted molar refractivity (Wildman–Crippen MR) is 37.8 cm³/mol. The summed E-state index contributed by atoms with van der Waals surface area (Å²) < 4.78 is 22.5. The Morgan fingerprint density at radius 1 is 1.22 bits per heavy atom. The fourth-order valence-corrected chi connectivity index (χ4v) is 0.946. The molecule has 1 N–H and O–H groups in total. The molecule has 0 aromatic rings. The highest BCUT2D eigenvalue weighted by atomic mass is 32.2. The molecule has 56 valence electrons. The number of thiol groups is 1. The molecule has 0 bridgehead atoms. The van der Waals surface area contributed by atoms with Crippen molar-refractivity contribution in [3.8, 4) is 0 Å². The first kappa shape index (κ1) is 8.91. The highest BCUT2D eigenvalue weighted by Gasteiger charge is 2.05. The summed E-state index contributed by atoms with van der Waals surface area (Å²) in [5, 5.41) is 0. The summed E-state index contributed by atoms with van der Waals surface area (Å²) in [5.41, 5.74) is 0. The molecule has 4 heteroatoms. The first-order chi connectivity index (χ1) is 4.04. The SMILES string of the molecule is CC(C)C(C)N[SH](=O)=O. The van der Waals surface area contributed by atoms with Crippen LogP contribution in [-0.2, 0) is 10.9 Å². The highest BCUT2D eigenvalue weighted by molar-refractivity contribution is 7.70. The topological polar surface area (TPSA) is 46.2 Å². The largest absolute Gasteiger partial charge is 0.216 e. The molecule has 0 spiro atoms. The van der Waals surface area contributed by atoms with Crippen LogP contribution < -0.4 is 4.72 Å². The van der Waals surface area contributed by atoms with E-state index in [1.807, 2.05) is 20.8 Å². The van der Waals surface area contributed by atoms with E-state index in [9.17, 15) is 8.42 Å². The van der Waals surface area contributed by atoms with Crippen LogP contribution in [0, 0.1) is 5.92 Å². The molecule has 0 saturated carbocycles. The van der Waals surface area contributed by atoms with E-state index in [-0.39, 0.29) is 6.04 Å². The average Bonchev–Trinajstić information content (AvgIpc) is 1.63. The molecule has 9 heavy (non-hydrogen) atoms. The van der Waals surface area contributed by atoms with E-state index < -0.39 is 10.9 Å². The van der Waals surface area contributed by atoms with Gasteiger partial charge in [-0.3, -0.25) is 0 Å². The van der Waals surface area contributed by atoms with Gasteiger partial charge in [0.1, 0.15) is 0 Å². The van der Waals surface area contributed by atoms with Crippen LogP contribution in [0.1, 0.15) is 20.8 Å². The molecule has 0 aliphatic heterocycles. The van der Waals surface area contributed by atoms with Crippen molar-refractivity contribution in [2.24, 2.45) is 5.92 Å². The second kappa shape index (κ2) is 3.85. The minimum Gasteiger partial charge on any atom is -0.216 e. The lowest BCUT2D eigenvalue weighted by Crippen LogP contribution is -2.29. The van der Waals surface area contributed by atoms with Crippen molar-refractivity contribution in [2.45, 2.75) is 26.8 Å². The van der Waals surface area contributed by atoms with Crippen molar-refractivity contribution in [3.05, 3.63) is 0 Å². The molecule has 3 nitrogen and oxygen atoms in total. The Morgan fingerprint density at radius 3 is 1.78 bits per heavy atom. The molecule has 0 aromatic carbocycles. The Morgan fingerprint density at radius 2 is 1.67 bits per heavy atom. The minimum atomic E-state index is -2.42. The van der Waals surface area contributed by atoms with Gasteiger partial charge in [-0.05, 0) is 12.8 Å². The summed E-state index contributed by atoms with van der Waals surface area (Å²) in [6.07, 6.45) is 0. The number of nitrogens with one attached hydrogen (secondary N) is 1. The monoisotopic (exact) mass is 151 g/mol. The highest BCUT2D eigenvalue weighted by Crippen LogP contribution is 1.98. The van der Waals surface area contributed by atoms with Gasteiger partial charge >= 0.3 is 0 Å². The molecular formula is C5H13NO2S. The zero-order valence-electron chi connectivity index (χ0n) is 5.92. The van der Waals surface area contributed by atoms with Crippen LogP contribution in [0.4, 0.5) is 0 Å². The summed E-state index contributed by atoms with van der Waals surface area (Å²) in [7, 11) is -2.42. The van der Waals surface area contributed by atoms with Crippen molar-refractivity contribution in [3.63, 3.8) is 0 Å². The number of rotatable bonds is 3. The summed E-state index contributed by atoms with van der Waals surface area (Å²) in [6, 6.07) is 0.0473. The van der Waals surface area contributed by atoms with Gasteiger partial charge in [0.05, 0.1) is 0 Å². The van der Waals surface area contributed by atoms with Crippen molar-refractivity contribution in [1.82, 2.24) is 4.72 Å². The summed E-state index contributed by atoms with van der Waals surface area (Å²) in [5.74, 6) is 0.359. The third-order valence-electron chi connectivity index (χ3n) is 1.31. The Balaban J connectivity index is 3.63. The van der Waals surface area contributed by atoms with Crippen LogP contribution >= 0.6 is 0 Å². The van der Waals surface area contributed by atoms with Crippen molar-refractivity contribution in [2.75, 3.05) is 0 Å². The molecule has 0 heterocycles. The van der Waals surface area contributed by atoms with Crippen molar-refractivity contribution in [1.29, 1.82) is 0 Å². The third kappa shape index (κ3) is 4.42. The van der Waals surface area contributed by atoms with Gasteiger partial charge in [-0.25, -0.2) is 13.1 Å². The standard InChI is InChI=1S/C5H13NO2S/c1-4(2)5(3)6-9(7)8/h4-5,9H,1-3H3,(H,6,7,8). The minimum absolute atomic E-state index is 0.0473. The summed E-state index contributed by atoms with van der Waals surface area (Å²) in [6.45, 7) is 5.78. The first-order valence-corrected chi connectivity index (χ1v) is 4.12. The van der Waals surface area contributed by atoms with Gasteiger partial charge in [-0.1, -0.05) is 13.8 Å². The quantitative estimate of drug-likeness (QED) is 0.564. The molecular weight excluding hydrogens is 138 g/mol. The normalized spacial score (nSPS) is 14.8. The molecule has 0 radical (unpaired) electrons. The van der Waals surface area contributed by atoms with Crippen molar-refractivity contribution < 1.29 is 8.42 Å². The zero-order chi connectivity index (χ0) is 7.44. The Hall–Kier alpha value is -0.0900. The molecule has 0 amide bonds. The van der Waals surface area contributed by atoms with Gasteiger partial charge in [0, 0.05) is 6.04 Å². The van der Waals surface area contributed by atoms with Crippen LogP contribution in [0.2, 0.25) is 0 Å². The second-order valence-electron chi connectivity index (χ2n) is 2.42. The summed E-state index contributed by atoms with van der Waals surface area (Å²) >= 11 is 0. The van der Waals surface area contributed by atoms with E-state index in [0.717, 1.165) is 0 Å². The number of hydrogen-bond acceptors (Lipinski definition) is 2. The average molecular weight is 151 g/mol. The Labute approximate surface area is 57.5 Å². The van der Waals surface area contributed by atoms with E-state index in [0.29, 0.717) is 5.92 Å². The molecule has 0 aliphatic rings. The maximum absolute atomic E-state index is 10.0. The molecule has 0 aromatic heterocycles. The van der Waals surface area contributed by atoms with E-state index in [1.165, 1.54) is 0 Å².